The molecule has 1 aliphatic rings. The standard InChI is InChI=1S/C11H12Cl2O/c1-6(14)8-5-9(8)7-3-2-4-10(12)11(7)13/h2-4,6,8-9,14H,5H2,1H3/t6-,8-,9-/m1/s1. The zero-order valence-electron chi connectivity index (χ0n) is 7.87. The summed E-state index contributed by atoms with van der Waals surface area (Å²) in [4.78, 5) is 0. The third-order valence-electron chi connectivity index (χ3n) is 2.84. The molecule has 0 amide bonds. The Bertz CT molecular complexity index is 349. The molecule has 0 saturated heterocycles. The van der Waals surface area contributed by atoms with E-state index in [4.69, 9.17) is 23.2 Å². The summed E-state index contributed by atoms with van der Waals surface area (Å²) in [5.74, 6) is 0.743. The lowest BCUT2D eigenvalue weighted by atomic mass is 10.1. The highest BCUT2D eigenvalue weighted by Crippen LogP contribution is 2.52. The van der Waals surface area contributed by atoms with Gasteiger partial charge in [-0.2, -0.15) is 0 Å². The predicted octanol–water partition coefficient (Wildman–Crippen LogP) is 3.48. The molecule has 1 fully saturated rings. The molecule has 0 heterocycles. The fraction of sp³-hybridized carbons (Fsp3) is 0.455. The summed E-state index contributed by atoms with van der Waals surface area (Å²) in [6, 6.07) is 5.68. The van der Waals surface area contributed by atoms with Gasteiger partial charge in [-0.25, -0.2) is 0 Å². The fourth-order valence-corrected chi connectivity index (χ4v) is 2.36. The van der Waals surface area contributed by atoms with Gasteiger partial charge in [-0.3, -0.25) is 0 Å². The molecule has 3 heteroatoms. The average Bonchev–Trinajstić information content (AvgIpc) is 2.89. The number of rotatable bonds is 2. The summed E-state index contributed by atoms with van der Waals surface area (Å²) in [7, 11) is 0. The molecule has 1 aliphatic carbocycles. The molecule has 0 bridgehead atoms. The highest BCUT2D eigenvalue weighted by molar-refractivity contribution is 6.42. The van der Waals surface area contributed by atoms with Gasteiger partial charge in [-0.1, -0.05) is 35.3 Å². The van der Waals surface area contributed by atoms with Crippen molar-refractivity contribution in [2.45, 2.75) is 25.4 Å². The fourth-order valence-electron chi connectivity index (χ4n) is 1.91. The topological polar surface area (TPSA) is 20.2 Å². The lowest BCUT2D eigenvalue weighted by molar-refractivity contribution is 0.169. The molecular weight excluding hydrogens is 219 g/mol. The van der Waals surface area contributed by atoms with E-state index in [2.05, 4.69) is 0 Å². The number of aliphatic hydroxyl groups excluding tert-OH is 1. The van der Waals surface area contributed by atoms with E-state index < -0.39 is 0 Å². The molecule has 0 unspecified atom stereocenters. The summed E-state index contributed by atoms with van der Waals surface area (Å²) in [6.45, 7) is 1.82. The molecule has 0 aliphatic heterocycles. The number of halogens is 2. The second-order valence-corrected chi connectivity index (χ2v) is 4.67. The third kappa shape index (κ3) is 1.77. The van der Waals surface area contributed by atoms with Crippen LogP contribution in [-0.2, 0) is 0 Å². The third-order valence-corrected chi connectivity index (χ3v) is 3.67. The van der Waals surface area contributed by atoms with Crippen molar-refractivity contribution in [2.24, 2.45) is 5.92 Å². The van der Waals surface area contributed by atoms with E-state index in [1.54, 1.807) is 6.07 Å². The average molecular weight is 231 g/mol. The van der Waals surface area contributed by atoms with Crippen LogP contribution in [0.1, 0.15) is 24.8 Å². The van der Waals surface area contributed by atoms with Gasteiger partial charge in [0.1, 0.15) is 0 Å². The molecule has 1 nitrogen and oxygen atoms in total. The number of hydrogen-bond donors (Lipinski definition) is 1. The molecular formula is C11H12Cl2O. The molecule has 76 valence electrons. The van der Waals surface area contributed by atoms with E-state index in [1.165, 1.54) is 0 Å². The second kappa shape index (κ2) is 3.73. The van der Waals surface area contributed by atoms with Crippen molar-refractivity contribution in [2.75, 3.05) is 0 Å². The van der Waals surface area contributed by atoms with Crippen molar-refractivity contribution in [1.29, 1.82) is 0 Å². The highest BCUT2D eigenvalue weighted by Gasteiger charge is 2.42. The van der Waals surface area contributed by atoms with Gasteiger partial charge in [0.25, 0.3) is 0 Å². The Morgan fingerprint density at radius 2 is 2.14 bits per heavy atom. The van der Waals surface area contributed by atoms with Crippen LogP contribution in [0.15, 0.2) is 18.2 Å². The molecule has 1 saturated carbocycles. The molecule has 1 N–H and O–H groups in total. The first-order valence-electron chi connectivity index (χ1n) is 4.73. The number of benzene rings is 1. The van der Waals surface area contributed by atoms with Crippen LogP contribution < -0.4 is 0 Å². The molecule has 3 atom stereocenters. The van der Waals surface area contributed by atoms with E-state index >= 15 is 0 Å². The van der Waals surface area contributed by atoms with Gasteiger partial charge >= 0.3 is 0 Å². The Balaban J connectivity index is 2.23. The zero-order valence-corrected chi connectivity index (χ0v) is 9.39. The first-order chi connectivity index (χ1) is 6.61. The minimum Gasteiger partial charge on any atom is -0.393 e. The summed E-state index contributed by atoms with van der Waals surface area (Å²) >= 11 is 12.0. The molecule has 14 heavy (non-hydrogen) atoms. The monoisotopic (exact) mass is 230 g/mol. The highest BCUT2D eigenvalue weighted by atomic mass is 35.5. The number of aliphatic hydroxyl groups is 1. The van der Waals surface area contributed by atoms with Crippen LogP contribution in [0, 0.1) is 5.92 Å². The zero-order chi connectivity index (χ0) is 10.3. The molecule has 1 aromatic carbocycles. The van der Waals surface area contributed by atoms with Gasteiger partial charge in [0.2, 0.25) is 0 Å². The summed E-state index contributed by atoms with van der Waals surface area (Å²) < 4.78 is 0. The Morgan fingerprint density at radius 3 is 2.71 bits per heavy atom. The molecule has 0 spiro atoms. The minimum absolute atomic E-state index is 0.255. The van der Waals surface area contributed by atoms with E-state index in [-0.39, 0.29) is 6.10 Å². The van der Waals surface area contributed by atoms with Crippen molar-refractivity contribution < 1.29 is 5.11 Å². The van der Waals surface area contributed by atoms with Crippen LogP contribution in [0.5, 0.6) is 0 Å². The normalized spacial score (nSPS) is 27.4. The van der Waals surface area contributed by atoms with Crippen LogP contribution in [0.2, 0.25) is 10.0 Å². The van der Waals surface area contributed by atoms with Crippen molar-refractivity contribution >= 4 is 23.2 Å². The Hall–Kier alpha value is -0.240. The summed E-state index contributed by atoms with van der Waals surface area (Å²) in [5.41, 5.74) is 1.07. The van der Waals surface area contributed by atoms with Gasteiger partial charge in [-0.15, -0.1) is 0 Å². The van der Waals surface area contributed by atoms with Crippen LogP contribution in [0.4, 0.5) is 0 Å². The van der Waals surface area contributed by atoms with Crippen LogP contribution in [-0.4, -0.2) is 11.2 Å². The van der Waals surface area contributed by atoms with Gasteiger partial charge in [0.15, 0.2) is 0 Å². The van der Waals surface area contributed by atoms with E-state index in [0.717, 1.165) is 12.0 Å². The maximum atomic E-state index is 9.41. The van der Waals surface area contributed by atoms with Crippen molar-refractivity contribution in [3.05, 3.63) is 33.8 Å². The molecule has 0 aromatic heterocycles. The molecule has 1 aromatic rings. The van der Waals surface area contributed by atoms with Crippen LogP contribution in [0.25, 0.3) is 0 Å². The van der Waals surface area contributed by atoms with Gasteiger partial charge in [-0.05, 0) is 36.8 Å². The first-order valence-corrected chi connectivity index (χ1v) is 5.49. The predicted molar refractivity (Wildman–Crippen MR) is 59.0 cm³/mol. The first kappa shape index (κ1) is 10.3. The minimum atomic E-state index is -0.255. The summed E-state index contributed by atoms with van der Waals surface area (Å²) in [5, 5.41) is 10.6. The maximum absolute atomic E-state index is 9.41. The van der Waals surface area contributed by atoms with E-state index in [9.17, 15) is 5.11 Å². The lowest BCUT2D eigenvalue weighted by Crippen LogP contribution is -2.03. The van der Waals surface area contributed by atoms with Crippen LogP contribution >= 0.6 is 23.2 Å². The van der Waals surface area contributed by atoms with Gasteiger partial charge in [0.05, 0.1) is 16.1 Å². The smallest absolute Gasteiger partial charge is 0.0627 e. The van der Waals surface area contributed by atoms with Crippen molar-refractivity contribution in [3.8, 4) is 0 Å². The largest absolute Gasteiger partial charge is 0.393 e. The van der Waals surface area contributed by atoms with Gasteiger partial charge < -0.3 is 5.11 Å². The molecule has 2 rings (SSSR count). The van der Waals surface area contributed by atoms with Crippen molar-refractivity contribution in [3.63, 3.8) is 0 Å². The Kier molecular flexibility index (Phi) is 2.74. The van der Waals surface area contributed by atoms with E-state index in [0.29, 0.717) is 21.9 Å². The Labute approximate surface area is 93.7 Å². The quantitative estimate of drug-likeness (QED) is 0.826. The maximum Gasteiger partial charge on any atom is 0.0627 e. The van der Waals surface area contributed by atoms with Gasteiger partial charge in [0, 0.05) is 0 Å². The van der Waals surface area contributed by atoms with E-state index in [1.807, 2.05) is 19.1 Å². The Morgan fingerprint density at radius 1 is 1.43 bits per heavy atom. The number of hydrogen-bond acceptors (Lipinski definition) is 1. The molecule has 0 radical (unpaired) electrons. The second-order valence-electron chi connectivity index (χ2n) is 3.89. The lowest BCUT2D eigenvalue weighted by Gasteiger charge is -2.06. The van der Waals surface area contributed by atoms with Crippen molar-refractivity contribution in [1.82, 2.24) is 0 Å². The summed E-state index contributed by atoms with van der Waals surface area (Å²) in [6.07, 6.45) is 0.757. The van der Waals surface area contributed by atoms with Crippen LogP contribution in [0.3, 0.4) is 0 Å². The SMILES string of the molecule is C[C@@H](O)[C@H]1C[C@@H]1c1cccc(Cl)c1Cl.